The zero-order chi connectivity index (χ0) is 14.5. The van der Waals surface area contributed by atoms with Gasteiger partial charge in [0.2, 0.25) is 0 Å². The number of hydrogen-bond acceptors (Lipinski definition) is 5. The highest BCUT2D eigenvalue weighted by molar-refractivity contribution is 7.13. The van der Waals surface area contributed by atoms with Gasteiger partial charge in [-0.3, -0.25) is 0 Å². The molecule has 2 heterocycles. The van der Waals surface area contributed by atoms with Gasteiger partial charge < -0.3 is 21.1 Å². The molecule has 110 valence electrons. The molecule has 1 fully saturated rings. The van der Waals surface area contributed by atoms with Gasteiger partial charge in [-0.05, 0) is 32.9 Å². The van der Waals surface area contributed by atoms with Crippen molar-refractivity contribution in [2.24, 2.45) is 0 Å². The molecule has 0 atom stereocenters. The van der Waals surface area contributed by atoms with E-state index in [1.54, 1.807) is 6.92 Å². The summed E-state index contributed by atoms with van der Waals surface area (Å²) in [5, 5.41) is 18.4. The van der Waals surface area contributed by atoms with Crippen LogP contribution >= 0.6 is 11.3 Å². The van der Waals surface area contributed by atoms with Gasteiger partial charge in [-0.15, -0.1) is 11.3 Å². The van der Waals surface area contributed by atoms with Crippen LogP contribution in [0.4, 0.5) is 4.79 Å². The van der Waals surface area contributed by atoms with Gasteiger partial charge in [0.25, 0.3) is 0 Å². The Morgan fingerprint density at radius 1 is 1.45 bits per heavy atom. The van der Waals surface area contributed by atoms with Crippen LogP contribution in [-0.4, -0.2) is 41.2 Å². The van der Waals surface area contributed by atoms with Crippen LogP contribution in [0.3, 0.4) is 0 Å². The number of urea groups is 1. The van der Waals surface area contributed by atoms with Gasteiger partial charge in [0, 0.05) is 6.04 Å². The fourth-order valence-corrected chi connectivity index (χ4v) is 2.93. The summed E-state index contributed by atoms with van der Waals surface area (Å²) in [5.41, 5.74) is 0.484. The third kappa shape index (κ3) is 3.91. The summed E-state index contributed by atoms with van der Waals surface area (Å²) in [6.07, 6.45) is 1.85. The van der Waals surface area contributed by atoms with Crippen molar-refractivity contribution in [2.45, 2.75) is 32.4 Å². The van der Waals surface area contributed by atoms with E-state index in [9.17, 15) is 9.59 Å². The lowest BCUT2D eigenvalue weighted by atomic mass is 10.1. The van der Waals surface area contributed by atoms with E-state index < -0.39 is 5.97 Å². The number of aryl methyl sites for hydroxylation is 1. The van der Waals surface area contributed by atoms with Gasteiger partial charge in [0.1, 0.15) is 9.88 Å². The molecule has 0 aromatic carbocycles. The van der Waals surface area contributed by atoms with Crippen molar-refractivity contribution >= 4 is 23.3 Å². The van der Waals surface area contributed by atoms with Crippen LogP contribution < -0.4 is 16.0 Å². The van der Waals surface area contributed by atoms with Gasteiger partial charge in [0.05, 0.1) is 12.2 Å². The second-order valence-electron chi connectivity index (χ2n) is 4.68. The fourth-order valence-electron chi connectivity index (χ4n) is 2.08. The number of piperidine rings is 1. The summed E-state index contributed by atoms with van der Waals surface area (Å²) in [6, 6.07) is -0.0366. The second kappa shape index (κ2) is 6.67. The maximum atomic E-state index is 11.7. The predicted molar refractivity (Wildman–Crippen MR) is 75.1 cm³/mol. The van der Waals surface area contributed by atoms with Crippen molar-refractivity contribution in [3.05, 3.63) is 15.6 Å². The average Bonchev–Trinajstić information content (AvgIpc) is 2.79. The van der Waals surface area contributed by atoms with E-state index >= 15 is 0 Å². The first-order valence-corrected chi connectivity index (χ1v) is 7.32. The molecule has 0 unspecified atom stereocenters. The van der Waals surface area contributed by atoms with Crippen LogP contribution in [0, 0.1) is 6.92 Å². The van der Waals surface area contributed by atoms with E-state index in [1.807, 2.05) is 0 Å². The topological polar surface area (TPSA) is 103 Å². The van der Waals surface area contributed by atoms with Gasteiger partial charge >= 0.3 is 12.0 Å². The zero-order valence-corrected chi connectivity index (χ0v) is 12.0. The smallest absolute Gasteiger partial charge is 0.347 e. The Morgan fingerprint density at radius 2 is 2.15 bits per heavy atom. The molecular weight excluding hydrogens is 280 g/mol. The number of thiazole rings is 1. The number of carboxylic acid groups (broad SMARTS) is 1. The van der Waals surface area contributed by atoms with Crippen molar-refractivity contribution in [1.82, 2.24) is 20.9 Å². The monoisotopic (exact) mass is 298 g/mol. The molecule has 7 nitrogen and oxygen atoms in total. The van der Waals surface area contributed by atoms with Crippen LogP contribution in [0.25, 0.3) is 0 Å². The molecule has 0 spiro atoms. The van der Waals surface area contributed by atoms with Crippen molar-refractivity contribution in [1.29, 1.82) is 0 Å². The Hall–Kier alpha value is -1.67. The van der Waals surface area contributed by atoms with Crippen LogP contribution in [0.2, 0.25) is 0 Å². The Labute approximate surface area is 120 Å². The SMILES string of the molecule is Cc1nc(CNC(=O)NC2CCNCC2)sc1C(=O)O. The van der Waals surface area contributed by atoms with Crippen LogP contribution in [-0.2, 0) is 6.54 Å². The lowest BCUT2D eigenvalue weighted by molar-refractivity contribution is 0.0701. The lowest BCUT2D eigenvalue weighted by Gasteiger charge is -2.23. The highest BCUT2D eigenvalue weighted by atomic mass is 32.1. The average molecular weight is 298 g/mol. The molecule has 1 aromatic heterocycles. The molecule has 1 aromatic rings. The quantitative estimate of drug-likeness (QED) is 0.655. The minimum absolute atomic E-state index is 0.198. The number of carbonyl (C=O) groups is 2. The van der Waals surface area contributed by atoms with Crippen LogP contribution in [0.5, 0.6) is 0 Å². The summed E-state index contributed by atoms with van der Waals surface area (Å²) in [4.78, 5) is 27.0. The van der Waals surface area contributed by atoms with E-state index in [-0.39, 0.29) is 23.5 Å². The first-order valence-electron chi connectivity index (χ1n) is 6.51. The summed E-state index contributed by atoms with van der Waals surface area (Å²) in [7, 11) is 0. The molecule has 1 saturated heterocycles. The number of aromatic nitrogens is 1. The number of hydrogen-bond donors (Lipinski definition) is 4. The standard InChI is InChI=1S/C12H18N4O3S/c1-7-10(11(17)18)20-9(15-7)6-14-12(19)16-8-2-4-13-5-3-8/h8,13H,2-6H2,1H3,(H,17,18)(H2,14,16,19). The normalized spacial score (nSPS) is 15.8. The molecule has 0 saturated carbocycles. The molecule has 1 aliphatic rings. The Kier molecular flexibility index (Phi) is 4.91. The number of nitrogens with zero attached hydrogens (tertiary/aromatic N) is 1. The van der Waals surface area contributed by atoms with Gasteiger partial charge in [0.15, 0.2) is 0 Å². The molecule has 0 aliphatic carbocycles. The van der Waals surface area contributed by atoms with E-state index in [4.69, 9.17) is 5.11 Å². The Balaban J connectivity index is 1.80. The van der Waals surface area contributed by atoms with Crippen LogP contribution in [0.1, 0.15) is 33.2 Å². The molecule has 4 N–H and O–H groups in total. The largest absolute Gasteiger partial charge is 0.477 e. The van der Waals surface area contributed by atoms with Crippen LogP contribution in [0.15, 0.2) is 0 Å². The molecular formula is C12H18N4O3S. The number of amides is 2. The molecule has 20 heavy (non-hydrogen) atoms. The second-order valence-corrected chi connectivity index (χ2v) is 5.76. The third-order valence-corrected chi connectivity index (χ3v) is 4.26. The molecule has 8 heteroatoms. The number of rotatable bonds is 4. The minimum Gasteiger partial charge on any atom is -0.477 e. The highest BCUT2D eigenvalue weighted by Crippen LogP contribution is 2.17. The van der Waals surface area contributed by atoms with E-state index in [0.29, 0.717) is 10.7 Å². The molecule has 2 amide bonds. The summed E-state index contributed by atoms with van der Waals surface area (Å²) < 4.78 is 0. The molecule has 0 radical (unpaired) electrons. The minimum atomic E-state index is -0.981. The van der Waals surface area contributed by atoms with E-state index in [2.05, 4.69) is 20.9 Å². The van der Waals surface area contributed by atoms with Gasteiger partial charge in [-0.25, -0.2) is 14.6 Å². The first kappa shape index (κ1) is 14.7. The van der Waals surface area contributed by atoms with E-state index in [0.717, 1.165) is 37.3 Å². The van der Waals surface area contributed by atoms with Gasteiger partial charge in [-0.1, -0.05) is 0 Å². The molecule has 0 bridgehead atoms. The fraction of sp³-hybridized carbons (Fsp3) is 0.583. The predicted octanol–water partition coefficient (Wildman–Crippen LogP) is 0.701. The molecule has 1 aliphatic heterocycles. The Bertz CT molecular complexity index is 497. The number of carboxylic acids is 1. The Morgan fingerprint density at radius 3 is 2.75 bits per heavy atom. The maximum Gasteiger partial charge on any atom is 0.347 e. The zero-order valence-electron chi connectivity index (χ0n) is 11.2. The number of aromatic carboxylic acids is 1. The summed E-state index contributed by atoms with van der Waals surface area (Å²) in [6.45, 7) is 3.73. The van der Waals surface area contributed by atoms with Gasteiger partial charge in [-0.2, -0.15) is 0 Å². The summed E-state index contributed by atoms with van der Waals surface area (Å²) >= 11 is 1.09. The summed E-state index contributed by atoms with van der Waals surface area (Å²) in [5.74, 6) is -0.981. The lowest BCUT2D eigenvalue weighted by Crippen LogP contribution is -2.46. The van der Waals surface area contributed by atoms with Crippen molar-refractivity contribution in [3.8, 4) is 0 Å². The highest BCUT2D eigenvalue weighted by Gasteiger charge is 2.17. The number of nitrogens with one attached hydrogen (secondary N) is 3. The van der Waals surface area contributed by atoms with Crippen molar-refractivity contribution < 1.29 is 14.7 Å². The first-order chi connectivity index (χ1) is 9.56. The van der Waals surface area contributed by atoms with Crippen molar-refractivity contribution in [2.75, 3.05) is 13.1 Å². The number of carbonyl (C=O) groups excluding carboxylic acids is 1. The maximum absolute atomic E-state index is 11.7. The van der Waals surface area contributed by atoms with E-state index in [1.165, 1.54) is 0 Å². The third-order valence-electron chi connectivity index (χ3n) is 3.11. The van der Waals surface area contributed by atoms with Crippen molar-refractivity contribution in [3.63, 3.8) is 0 Å². The molecule has 2 rings (SSSR count).